The van der Waals surface area contributed by atoms with Gasteiger partial charge in [-0.15, -0.1) is 0 Å². The Kier molecular flexibility index (Phi) is 2.56. The molecule has 0 aliphatic rings. The molecule has 0 bridgehead atoms. The summed E-state index contributed by atoms with van der Waals surface area (Å²) in [4.78, 5) is 0. The largest absolute Gasteiger partial charge is 0.207 e. The minimum atomic E-state index is -0.361. The standard InChI is InChI=1S/C16H10F2/c17-13-6-3-5-12(10-13)15-9-8-11-4-1-2-7-14(11)16(15)18/h1-10H. The predicted octanol–water partition coefficient (Wildman–Crippen LogP) is 4.79. The van der Waals surface area contributed by atoms with Crippen LogP contribution in [0.5, 0.6) is 0 Å². The molecule has 3 rings (SSSR count). The zero-order valence-corrected chi connectivity index (χ0v) is 9.53. The lowest BCUT2D eigenvalue weighted by Crippen LogP contribution is -1.87. The fourth-order valence-corrected chi connectivity index (χ4v) is 2.11. The smallest absolute Gasteiger partial charge is 0.138 e. The number of fused-ring (bicyclic) bond motifs is 1. The van der Waals surface area contributed by atoms with E-state index in [0.29, 0.717) is 16.5 Å². The van der Waals surface area contributed by atoms with Gasteiger partial charge in [-0.3, -0.25) is 0 Å². The monoisotopic (exact) mass is 240 g/mol. The lowest BCUT2D eigenvalue weighted by atomic mass is 10.0. The van der Waals surface area contributed by atoms with Crippen molar-refractivity contribution in [3.63, 3.8) is 0 Å². The number of hydrogen-bond donors (Lipinski definition) is 0. The van der Waals surface area contributed by atoms with E-state index in [1.165, 1.54) is 12.1 Å². The van der Waals surface area contributed by atoms with Gasteiger partial charge in [0.2, 0.25) is 0 Å². The molecule has 0 amide bonds. The predicted molar refractivity (Wildman–Crippen MR) is 69.3 cm³/mol. The molecule has 3 aromatic carbocycles. The van der Waals surface area contributed by atoms with Crippen LogP contribution >= 0.6 is 0 Å². The van der Waals surface area contributed by atoms with Gasteiger partial charge in [0.25, 0.3) is 0 Å². The molecular weight excluding hydrogens is 230 g/mol. The third-order valence-electron chi connectivity index (χ3n) is 3.00. The van der Waals surface area contributed by atoms with Crippen LogP contribution in [0.3, 0.4) is 0 Å². The number of halogens is 2. The molecule has 0 fully saturated rings. The van der Waals surface area contributed by atoms with E-state index < -0.39 is 0 Å². The molecule has 0 nitrogen and oxygen atoms in total. The fraction of sp³-hybridized carbons (Fsp3) is 0. The van der Waals surface area contributed by atoms with E-state index in [0.717, 1.165) is 5.39 Å². The van der Waals surface area contributed by atoms with E-state index in [-0.39, 0.29) is 11.6 Å². The first kappa shape index (κ1) is 10.9. The Morgan fingerprint density at radius 1 is 0.722 bits per heavy atom. The Labute approximate surface area is 104 Å². The van der Waals surface area contributed by atoms with E-state index in [2.05, 4.69) is 0 Å². The van der Waals surface area contributed by atoms with Gasteiger partial charge in [0.1, 0.15) is 11.6 Å². The van der Waals surface area contributed by atoms with Crippen molar-refractivity contribution in [2.24, 2.45) is 0 Å². The molecule has 0 spiro atoms. The third-order valence-corrected chi connectivity index (χ3v) is 3.00. The topological polar surface area (TPSA) is 0 Å². The van der Waals surface area contributed by atoms with Crippen LogP contribution in [-0.2, 0) is 0 Å². The van der Waals surface area contributed by atoms with Gasteiger partial charge in [-0.2, -0.15) is 0 Å². The van der Waals surface area contributed by atoms with E-state index in [1.54, 1.807) is 30.3 Å². The molecular formula is C16H10F2. The van der Waals surface area contributed by atoms with Crippen LogP contribution in [0.1, 0.15) is 0 Å². The maximum absolute atomic E-state index is 14.4. The molecule has 0 N–H and O–H groups in total. The highest BCUT2D eigenvalue weighted by Gasteiger charge is 2.09. The molecule has 0 heterocycles. The summed E-state index contributed by atoms with van der Waals surface area (Å²) in [5, 5.41) is 1.40. The molecule has 0 aromatic heterocycles. The molecule has 88 valence electrons. The van der Waals surface area contributed by atoms with Crippen molar-refractivity contribution in [3.05, 3.63) is 72.3 Å². The second-order valence-corrected chi connectivity index (χ2v) is 4.16. The highest BCUT2D eigenvalue weighted by molar-refractivity contribution is 5.88. The lowest BCUT2D eigenvalue weighted by molar-refractivity contribution is 0.627. The van der Waals surface area contributed by atoms with E-state index in [4.69, 9.17) is 0 Å². The van der Waals surface area contributed by atoms with Crippen LogP contribution in [0.4, 0.5) is 8.78 Å². The number of rotatable bonds is 1. The summed E-state index contributed by atoms with van der Waals surface area (Å²) in [7, 11) is 0. The Balaban J connectivity index is 2.27. The van der Waals surface area contributed by atoms with Crippen LogP contribution in [0.15, 0.2) is 60.7 Å². The van der Waals surface area contributed by atoms with Gasteiger partial charge >= 0.3 is 0 Å². The van der Waals surface area contributed by atoms with Crippen molar-refractivity contribution >= 4 is 10.8 Å². The van der Waals surface area contributed by atoms with Crippen molar-refractivity contribution in [1.82, 2.24) is 0 Å². The van der Waals surface area contributed by atoms with Crippen LogP contribution < -0.4 is 0 Å². The molecule has 0 radical (unpaired) electrons. The molecule has 3 aromatic rings. The average molecular weight is 240 g/mol. The van der Waals surface area contributed by atoms with Crippen molar-refractivity contribution in [2.45, 2.75) is 0 Å². The van der Waals surface area contributed by atoms with Crippen LogP contribution in [0.2, 0.25) is 0 Å². The van der Waals surface area contributed by atoms with Gasteiger partial charge in [0.15, 0.2) is 0 Å². The van der Waals surface area contributed by atoms with Crippen molar-refractivity contribution in [3.8, 4) is 11.1 Å². The SMILES string of the molecule is Fc1cccc(-c2ccc3ccccc3c2F)c1. The Morgan fingerprint density at radius 2 is 1.56 bits per heavy atom. The maximum atomic E-state index is 14.4. The Hall–Kier alpha value is -2.22. The zero-order chi connectivity index (χ0) is 12.5. The minimum Gasteiger partial charge on any atom is -0.207 e. The molecule has 0 aliphatic carbocycles. The lowest BCUT2D eigenvalue weighted by Gasteiger charge is -2.06. The Morgan fingerprint density at radius 3 is 2.39 bits per heavy atom. The van der Waals surface area contributed by atoms with Gasteiger partial charge in [0.05, 0.1) is 0 Å². The summed E-state index contributed by atoms with van der Waals surface area (Å²) in [6.45, 7) is 0. The maximum Gasteiger partial charge on any atom is 0.138 e. The quantitative estimate of drug-likeness (QED) is 0.574. The first-order valence-corrected chi connectivity index (χ1v) is 5.69. The second kappa shape index (κ2) is 4.22. The van der Waals surface area contributed by atoms with Crippen molar-refractivity contribution in [1.29, 1.82) is 0 Å². The minimum absolute atomic E-state index is 0.307. The van der Waals surface area contributed by atoms with E-state index in [9.17, 15) is 8.78 Å². The van der Waals surface area contributed by atoms with E-state index >= 15 is 0 Å². The molecule has 2 heteroatoms. The molecule has 0 saturated carbocycles. The van der Waals surface area contributed by atoms with Gasteiger partial charge < -0.3 is 0 Å². The summed E-state index contributed by atoms with van der Waals surface area (Å²) < 4.78 is 27.5. The third kappa shape index (κ3) is 1.76. The second-order valence-electron chi connectivity index (χ2n) is 4.16. The number of benzene rings is 3. The van der Waals surface area contributed by atoms with Crippen LogP contribution in [-0.4, -0.2) is 0 Å². The molecule has 0 atom stereocenters. The number of hydrogen-bond acceptors (Lipinski definition) is 0. The summed E-state index contributed by atoms with van der Waals surface area (Å²) >= 11 is 0. The molecule has 18 heavy (non-hydrogen) atoms. The van der Waals surface area contributed by atoms with Gasteiger partial charge in [-0.1, -0.05) is 48.5 Å². The Bertz CT molecular complexity index is 717. The molecule has 0 saturated heterocycles. The normalized spacial score (nSPS) is 10.8. The van der Waals surface area contributed by atoms with Gasteiger partial charge in [0, 0.05) is 10.9 Å². The van der Waals surface area contributed by atoms with Gasteiger partial charge in [-0.05, 0) is 23.1 Å². The summed E-state index contributed by atoms with van der Waals surface area (Å²) in [5.74, 6) is -0.668. The summed E-state index contributed by atoms with van der Waals surface area (Å²) in [6.07, 6.45) is 0. The molecule has 0 unspecified atom stereocenters. The van der Waals surface area contributed by atoms with Crippen molar-refractivity contribution in [2.75, 3.05) is 0 Å². The average Bonchev–Trinajstić information content (AvgIpc) is 2.39. The summed E-state index contributed by atoms with van der Waals surface area (Å²) in [6, 6.07) is 16.8. The first-order chi connectivity index (χ1) is 8.75. The highest BCUT2D eigenvalue weighted by Crippen LogP contribution is 2.29. The van der Waals surface area contributed by atoms with Crippen molar-refractivity contribution < 1.29 is 8.78 Å². The van der Waals surface area contributed by atoms with E-state index in [1.807, 2.05) is 18.2 Å². The fourth-order valence-electron chi connectivity index (χ4n) is 2.11. The molecule has 0 aliphatic heterocycles. The highest BCUT2D eigenvalue weighted by atomic mass is 19.1. The zero-order valence-electron chi connectivity index (χ0n) is 9.53. The first-order valence-electron chi connectivity index (χ1n) is 5.69. The summed E-state index contributed by atoms with van der Waals surface area (Å²) in [5.41, 5.74) is 0.978. The van der Waals surface area contributed by atoms with Crippen LogP contribution in [0, 0.1) is 11.6 Å². The van der Waals surface area contributed by atoms with Gasteiger partial charge in [-0.25, -0.2) is 8.78 Å². The van der Waals surface area contributed by atoms with Crippen LogP contribution in [0.25, 0.3) is 21.9 Å².